The average Bonchev–Trinajstić information content (AvgIpc) is 2.48. The topological polar surface area (TPSA) is 56.5 Å². The lowest BCUT2D eigenvalue weighted by atomic mass is 9.83. The molecular weight excluding hydrogens is 252 g/mol. The normalized spacial score (nSPS) is 20.1. The maximum atomic E-state index is 5.80. The lowest BCUT2D eigenvalue weighted by Gasteiger charge is -2.33. The summed E-state index contributed by atoms with van der Waals surface area (Å²) in [4.78, 5) is 0. The highest BCUT2D eigenvalue weighted by Gasteiger charge is 2.29. The van der Waals surface area contributed by atoms with Crippen molar-refractivity contribution >= 4 is 0 Å². The second-order valence-electron chi connectivity index (χ2n) is 6.06. The van der Waals surface area contributed by atoms with Crippen LogP contribution in [0.2, 0.25) is 0 Å². The quantitative estimate of drug-likeness (QED) is 0.620. The van der Waals surface area contributed by atoms with Gasteiger partial charge in [0, 0.05) is 19.1 Å². The third kappa shape index (κ3) is 3.51. The fraction of sp³-hybridized carbons (Fsp3) is 0.625. The van der Waals surface area contributed by atoms with Gasteiger partial charge in [0.05, 0.1) is 12.2 Å². The number of hydrazine groups is 1. The fourth-order valence-electron chi connectivity index (χ4n) is 2.79. The van der Waals surface area contributed by atoms with Gasteiger partial charge >= 0.3 is 0 Å². The lowest BCUT2D eigenvalue weighted by Crippen LogP contribution is -2.42. The van der Waals surface area contributed by atoms with Gasteiger partial charge in [-0.15, -0.1) is 0 Å². The van der Waals surface area contributed by atoms with Crippen LogP contribution in [0.3, 0.4) is 0 Å². The van der Waals surface area contributed by atoms with Gasteiger partial charge in [0.2, 0.25) is 0 Å². The number of rotatable bonds is 6. The molecule has 20 heavy (non-hydrogen) atoms. The van der Waals surface area contributed by atoms with Crippen molar-refractivity contribution in [3.63, 3.8) is 0 Å². The molecule has 0 amide bonds. The zero-order chi connectivity index (χ0) is 14.6. The first-order valence-corrected chi connectivity index (χ1v) is 7.30. The largest absolute Gasteiger partial charge is 0.493 e. The van der Waals surface area contributed by atoms with E-state index in [0.717, 1.165) is 31.6 Å². The van der Waals surface area contributed by atoms with Crippen LogP contribution in [0, 0.1) is 0 Å². The zero-order valence-corrected chi connectivity index (χ0v) is 12.7. The molecule has 2 unspecified atom stereocenters. The Morgan fingerprint density at radius 3 is 2.90 bits per heavy atom. The number of para-hydroxylation sites is 1. The molecule has 2 atom stereocenters. The van der Waals surface area contributed by atoms with Crippen molar-refractivity contribution in [2.45, 2.75) is 50.7 Å². The standard InChI is InChI=1S/C16H26N2O2/c1-16(2,19-3)10-8-14(18-17)12-9-11-20-15-7-5-4-6-13(12)15/h4-7,12,14,18H,8-11,17H2,1-3H3. The van der Waals surface area contributed by atoms with Crippen molar-refractivity contribution in [3.8, 4) is 5.75 Å². The summed E-state index contributed by atoms with van der Waals surface area (Å²) in [6.07, 6.45) is 2.95. The molecule has 0 spiro atoms. The molecule has 0 bridgehead atoms. The van der Waals surface area contributed by atoms with Crippen molar-refractivity contribution in [1.29, 1.82) is 0 Å². The first-order valence-electron chi connectivity index (χ1n) is 7.30. The highest BCUT2D eigenvalue weighted by atomic mass is 16.5. The monoisotopic (exact) mass is 278 g/mol. The Morgan fingerprint density at radius 1 is 1.45 bits per heavy atom. The third-order valence-corrected chi connectivity index (χ3v) is 4.31. The number of fused-ring (bicyclic) bond motifs is 1. The van der Waals surface area contributed by atoms with E-state index in [9.17, 15) is 0 Å². The van der Waals surface area contributed by atoms with E-state index in [2.05, 4.69) is 31.4 Å². The molecule has 3 N–H and O–H groups in total. The van der Waals surface area contributed by atoms with Crippen LogP contribution < -0.4 is 16.0 Å². The summed E-state index contributed by atoms with van der Waals surface area (Å²) in [6.45, 7) is 4.98. The minimum Gasteiger partial charge on any atom is -0.493 e. The van der Waals surface area contributed by atoms with E-state index in [4.69, 9.17) is 15.3 Å². The number of nitrogens with one attached hydrogen (secondary N) is 1. The minimum atomic E-state index is -0.111. The molecule has 1 aromatic rings. The SMILES string of the molecule is COC(C)(C)CCC(NN)C1CCOc2ccccc21. The van der Waals surface area contributed by atoms with Gasteiger partial charge in [-0.2, -0.15) is 0 Å². The van der Waals surface area contributed by atoms with Crippen LogP contribution in [0.15, 0.2) is 24.3 Å². The van der Waals surface area contributed by atoms with Gasteiger partial charge in [0.15, 0.2) is 0 Å². The van der Waals surface area contributed by atoms with Gasteiger partial charge in [-0.25, -0.2) is 0 Å². The van der Waals surface area contributed by atoms with Crippen molar-refractivity contribution in [2.24, 2.45) is 5.84 Å². The first-order chi connectivity index (χ1) is 9.57. The van der Waals surface area contributed by atoms with E-state index in [1.807, 2.05) is 12.1 Å². The number of hydrogen-bond donors (Lipinski definition) is 2. The Labute approximate surface area is 121 Å². The summed E-state index contributed by atoms with van der Waals surface area (Å²) in [5.41, 5.74) is 4.15. The summed E-state index contributed by atoms with van der Waals surface area (Å²) < 4.78 is 11.2. The Morgan fingerprint density at radius 2 is 2.20 bits per heavy atom. The van der Waals surface area contributed by atoms with Gasteiger partial charge in [-0.1, -0.05) is 18.2 Å². The van der Waals surface area contributed by atoms with E-state index < -0.39 is 0 Å². The molecule has 1 aliphatic heterocycles. The summed E-state index contributed by atoms with van der Waals surface area (Å²) in [5, 5.41) is 0. The Kier molecular flexibility index (Phi) is 5.02. The molecule has 112 valence electrons. The predicted octanol–water partition coefficient (Wildman–Crippen LogP) is 2.59. The molecule has 1 aromatic carbocycles. The number of benzene rings is 1. The van der Waals surface area contributed by atoms with Crippen LogP contribution >= 0.6 is 0 Å². The molecule has 0 aliphatic carbocycles. The second-order valence-corrected chi connectivity index (χ2v) is 6.06. The smallest absolute Gasteiger partial charge is 0.122 e. The van der Waals surface area contributed by atoms with Gasteiger partial charge in [-0.05, 0) is 44.7 Å². The van der Waals surface area contributed by atoms with Gasteiger partial charge in [0.25, 0.3) is 0 Å². The predicted molar refractivity (Wildman–Crippen MR) is 80.7 cm³/mol. The number of ether oxygens (including phenoxy) is 2. The third-order valence-electron chi connectivity index (χ3n) is 4.31. The second kappa shape index (κ2) is 6.57. The molecule has 2 rings (SSSR count). The van der Waals surface area contributed by atoms with E-state index in [-0.39, 0.29) is 11.6 Å². The van der Waals surface area contributed by atoms with E-state index >= 15 is 0 Å². The van der Waals surface area contributed by atoms with E-state index in [1.165, 1.54) is 5.56 Å². The highest BCUT2D eigenvalue weighted by molar-refractivity contribution is 5.38. The summed E-state index contributed by atoms with van der Waals surface area (Å²) in [6, 6.07) is 8.50. The van der Waals surface area contributed by atoms with E-state index in [0.29, 0.717) is 5.92 Å². The Hall–Kier alpha value is -1.10. The van der Waals surface area contributed by atoms with Gasteiger partial charge < -0.3 is 9.47 Å². The van der Waals surface area contributed by atoms with Crippen molar-refractivity contribution in [1.82, 2.24) is 5.43 Å². The zero-order valence-electron chi connectivity index (χ0n) is 12.7. The molecular formula is C16H26N2O2. The number of nitrogens with two attached hydrogens (primary N) is 1. The molecule has 1 aliphatic rings. The molecule has 4 heteroatoms. The Balaban J connectivity index is 2.09. The van der Waals surface area contributed by atoms with Crippen LogP contribution in [0.1, 0.15) is 44.6 Å². The van der Waals surface area contributed by atoms with Crippen molar-refractivity contribution < 1.29 is 9.47 Å². The van der Waals surface area contributed by atoms with Crippen LogP contribution in [0.25, 0.3) is 0 Å². The molecule has 4 nitrogen and oxygen atoms in total. The van der Waals surface area contributed by atoms with Crippen LogP contribution in [-0.2, 0) is 4.74 Å². The highest BCUT2D eigenvalue weighted by Crippen LogP contribution is 2.37. The average molecular weight is 278 g/mol. The number of methoxy groups -OCH3 is 1. The first kappa shape index (κ1) is 15.3. The minimum absolute atomic E-state index is 0.111. The summed E-state index contributed by atoms with van der Waals surface area (Å²) in [5.74, 6) is 7.20. The van der Waals surface area contributed by atoms with Gasteiger partial charge in [-0.3, -0.25) is 11.3 Å². The summed E-state index contributed by atoms with van der Waals surface area (Å²) >= 11 is 0. The molecule has 0 saturated carbocycles. The molecule has 0 radical (unpaired) electrons. The van der Waals surface area contributed by atoms with Gasteiger partial charge in [0.1, 0.15) is 5.75 Å². The van der Waals surface area contributed by atoms with Crippen molar-refractivity contribution in [3.05, 3.63) is 29.8 Å². The van der Waals surface area contributed by atoms with Crippen LogP contribution in [0.5, 0.6) is 5.75 Å². The summed E-state index contributed by atoms with van der Waals surface area (Å²) in [7, 11) is 1.76. The fourth-order valence-corrected chi connectivity index (χ4v) is 2.79. The molecule has 0 aromatic heterocycles. The number of hydrogen-bond acceptors (Lipinski definition) is 4. The molecule has 1 heterocycles. The maximum Gasteiger partial charge on any atom is 0.122 e. The van der Waals surface area contributed by atoms with Crippen LogP contribution in [-0.4, -0.2) is 25.4 Å². The molecule has 0 saturated heterocycles. The van der Waals surface area contributed by atoms with Crippen LogP contribution in [0.4, 0.5) is 0 Å². The molecule has 0 fully saturated rings. The maximum absolute atomic E-state index is 5.80. The van der Waals surface area contributed by atoms with Crippen molar-refractivity contribution in [2.75, 3.05) is 13.7 Å². The Bertz CT molecular complexity index is 434. The van der Waals surface area contributed by atoms with E-state index in [1.54, 1.807) is 7.11 Å². The lowest BCUT2D eigenvalue weighted by molar-refractivity contribution is 0.0107.